The van der Waals surface area contributed by atoms with Gasteiger partial charge in [0.05, 0.1) is 0 Å². The molecule has 1 fully saturated rings. The molecule has 0 saturated carbocycles. The second-order valence-electron chi connectivity index (χ2n) is 6.41. The predicted molar refractivity (Wildman–Crippen MR) is 102 cm³/mol. The zero-order valence-electron chi connectivity index (χ0n) is 14.3. The Morgan fingerprint density at radius 3 is 2.17 bits per heavy atom. The van der Waals surface area contributed by atoms with E-state index >= 15 is 0 Å². The van der Waals surface area contributed by atoms with E-state index in [1.54, 1.807) is 0 Å². The van der Waals surface area contributed by atoms with E-state index in [1.807, 2.05) is 35.2 Å². The largest absolute Gasteiger partial charge is 0.306 e. The van der Waals surface area contributed by atoms with E-state index in [4.69, 9.17) is 0 Å². The van der Waals surface area contributed by atoms with Gasteiger partial charge in [0.2, 0.25) is 0 Å². The molecule has 24 heavy (non-hydrogen) atoms. The summed E-state index contributed by atoms with van der Waals surface area (Å²) in [6, 6.07) is 18.2. The topological polar surface area (TPSA) is 23.6 Å². The van der Waals surface area contributed by atoms with Crippen LogP contribution in [0.4, 0.5) is 5.69 Å². The van der Waals surface area contributed by atoms with E-state index in [2.05, 4.69) is 43.1 Å². The van der Waals surface area contributed by atoms with Crippen LogP contribution < -0.4 is 4.90 Å². The fourth-order valence-electron chi connectivity index (χ4n) is 3.17. The molecule has 0 unspecified atom stereocenters. The van der Waals surface area contributed by atoms with Gasteiger partial charge in [0.25, 0.3) is 5.91 Å². The van der Waals surface area contributed by atoms with Crippen LogP contribution in [0, 0.1) is 6.92 Å². The summed E-state index contributed by atoms with van der Waals surface area (Å²) in [5, 5.41) is 0. The average Bonchev–Trinajstić information content (AvgIpc) is 2.59. The van der Waals surface area contributed by atoms with Crippen LogP contribution >= 0.6 is 12.4 Å². The Hall–Kier alpha value is -1.84. The molecule has 128 valence electrons. The summed E-state index contributed by atoms with van der Waals surface area (Å²) in [7, 11) is 2.14. The number of carbonyl (C=O) groups is 1. The SMILES string of the molecule is Cc1ccc(N(C(=O)c2ccccc2)C2CCN(C)CC2)cc1.Cl. The van der Waals surface area contributed by atoms with Crippen LogP contribution in [0.25, 0.3) is 0 Å². The molecule has 1 amide bonds. The second kappa shape index (κ2) is 8.32. The Bertz CT molecular complexity index is 649. The maximum atomic E-state index is 13.1. The summed E-state index contributed by atoms with van der Waals surface area (Å²) in [5.74, 6) is 0.101. The van der Waals surface area contributed by atoms with Gasteiger partial charge >= 0.3 is 0 Å². The molecule has 3 rings (SSSR count). The van der Waals surface area contributed by atoms with E-state index in [9.17, 15) is 4.79 Å². The van der Waals surface area contributed by atoms with Crippen molar-refractivity contribution in [1.82, 2.24) is 4.90 Å². The third kappa shape index (κ3) is 4.16. The molecule has 2 aromatic rings. The van der Waals surface area contributed by atoms with Gasteiger partial charge in [-0.15, -0.1) is 12.4 Å². The second-order valence-corrected chi connectivity index (χ2v) is 6.41. The highest BCUT2D eigenvalue weighted by molar-refractivity contribution is 6.06. The molecule has 1 heterocycles. The van der Waals surface area contributed by atoms with Gasteiger partial charge in [-0.05, 0) is 64.2 Å². The molecule has 2 aromatic carbocycles. The molecule has 0 N–H and O–H groups in total. The monoisotopic (exact) mass is 344 g/mol. The number of halogens is 1. The van der Waals surface area contributed by atoms with E-state index in [1.165, 1.54) is 5.56 Å². The molecule has 0 atom stereocenters. The third-order valence-corrected chi connectivity index (χ3v) is 4.60. The maximum absolute atomic E-state index is 13.1. The number of likely N-dealkylation sites (tertiary alicyclic amines) is 1. The number of nitrogens with zero attached hydrogens (tertiary/aromatic N) is 2. The summed E-state index contributed by atoms with van der Waals surface area (Å²) < 4.78 is 0. The normalized spacial score (nSPS) is 15.6. The first-order valence-electron chi connectivity index (χ1n) is 8.29. The van der Waals surface area contributed by atoms with Gasteiger partial charge in [0.15, 0.2) is 0 Å². The quantitative estimate of drug-likeness (QED) is 0.834. The molecular weight excluding hydrogens is 320 g/mol. The van der Waals surface area contributed by atoms with E-state index < -0.39 is 0 Å². The zero-order chi connectivity index (χ0) is 16.2. The molecule has 1 saturated heterocycles. The van der Waals surface area contributed by atoms with E-state index in [0.717, 1.165) is 37.2 Å². The van der Waals surface area contributed by atoms with Crippen molar-refractivity contribution in [1.29, 1.82) is 0 Å². The van der Waals surface area contributed by atoms with Gasteiger partial charge in [-0.3, -0.25) is 4.79 Å². The first kappa shape index (κ1) is 18.5. The van der Waals surface area contributed by atoms with Crippen LogP contribution in [0.5, 0.6) is 0 Å². The van der Waals surface area contributed by atoms with Crippen molar-refractivity contribution in [3.05, 3.63) is 65.7 Å². The zero-order valence-corrected chi connectivity index (χ0v) is 15.1. The van der Waals surface area contributed by atoms with E-state index in [-0.39, 0.29) is 24.4 Å². The maximum Gasteiger partial charge on any atom is 0.258 e. The number of hydrogen-bond donors (Lipinski definition) is 0. The number of hydrogen-bond acceptors (Lipinski definition) is 2. The number of carbonyl (C=O) groups excluding carboxylic acids is 1. The lowest BCUT2D eigenvalue weighted by Crippen LogP contribution is -2.46. The Labute approximate surface area is 150 Å². The lowest BCUT2D eigenvalue weighted by Gasteiger charge is -2.37. The Morgan fingerprint density at radius 2 is 1.58 bits per heavy atom. The minimum atomic E-state index is 0. The lowest BCUT2D eigenvalue weighted by atomic mass is 10.0. The first-order valence-corrected chi connectivity index (χ1v) is 8.29. The average molecular weight is 345 g/mol. The van der Waals surface area contributed by atoms with Crippen LogP contribution in [-0.2, 0) is 0 Å². The van der Waals surface area contributed by atoms with Gasteiger partial charge in [0.1, 0.15) is 0 Å². The number of anilines is 1. The molecule has 0 aromatic heterocycles. The number of benzene rings is 2. The highest BCUT2D eigenvalue weighted by Gasteiger charge is 2.28. The fourth-order valence-corrected chi connectivity index (χ4v) is 3.17. The predicted octanol–water partition coefficient (Wildman–Crippen LogP) is 4.16. The van der Waals surface area contributed by atoms with Crippen molar-refractivity contribution in [2.45, 2.75) is 25.8 Å². The van der Waals surface area contributed by atoms with Crippen molar-refractivity contribution in [2.24, 2.45) is 0 Å². The van der Waals surface area contributed by atoms with Gasteiger partial charge in [-0.2, -0.15) is 0 Å². The molecule has 4 heteroatoms. The Balaban J connectivity index is 0.00000208. The molecule has 0 aliphatic carbocycles. The number of amides is 1. The molecule has 0 bridgehead atoms. The minimum absolute atomic E-state index is 0. The summed E-state index contributed by atoms with van der Waals surface area (Å²) in [6.45, 7) is 4.15. The molecule has 0 spiro atoms. The highest BCUT2D eigenvalue weighted by Crippen LogP contribution is 2.26. The van der Waals surface area contributed by atoms with Crippen LogP contribution in [-0.4, -0.2) is 37.0 Å². The third-order valence-electron chi connectivity index (χ3n) is 4.60. The number of rotatable bonds is 3. The summed E-state index contributed by atoms with van der Waals surface area (Å²) in [4.78, 5) is 17.5. The van der Waals surface area contributed by atoms with Crippen LogP contribution in [0.1, 0.15) is 28.8 Å². The number of piperidine rings is 1. The van der Waals surface area contributed by atoms with Crippen molar-refractivity contribution in [3.63, 3.8) is 0 Å². The standard InChI is InChI=1S/C20H24N2O.ClH/c1-16-8-10-18(11-9-16)22(19-12-14-21(2)15-13-19)20(23)17-6-4-3-5-7-17;/h3-11,19H,12-15H2,1-2H3;1H. The van der Waals surface area contributed by atoms with Gasteiger partial charge in [-0.1, -0.05) is 35.9 Å². The summed E-state index contributed by atoms with van der Waals surface area (Å²) in [5.41, 5.74) is 2.97. The molecule has 3 nitrogen and oxygen atoms in total. The first-order chi connectivity index (χ1) is 11.1. The van der Waals surface area contributed by atoms with Gasteiger partial charge in [-0.25, -0.2) is 0 Å². The van der Waals surface area contributed by atoms with Crippen molar-refractivity contribution in [3.8, 4) is 0 Å². The number of aryl methyl sites for hydroxylation is 1. The van der Waals surface area contributed by atoms with Crippen LogP contribution in [0.3, 0.4) is 0 Å². The Morgan fingerprint density at radius 1 is 1.00 bits per heavy atom. The lowest BCUT2D eigenvalue weighted by molar-refractivity contribution is 0.0963. The van der Waals surface area contributed by atoms with E-state index in [0.29, 0.717) is 0 Å². The summed E-state index contributed by atoms with van der Waals surface area (Å²) in [6.07, 6.45) is 2.03. The van der Waals surface area contributed by atoms with Crippen molar-refractivity contribution in [2.75, 3.05) is 25.0 Å². The van der Waals surface area contributed by atoms with Crippen LogP contribution in [0.2, 0.25) is 0 Å². The minimum Gasteiger partial charge on any atom is -0.306 e. The Kier molecular flexibility index (Phi) is 6.41. The van der Waals surface area contributed by atoms with Crippen LogP contribution in [0.15, 0.2) is 54.6 Å². The summed E-state index contributed by atoms with van der Waals surface area (Å²) >= 11 is 0. The molecule has 1 aliphatic heterocycles. The fraction of sp³-hybridized carbons (Fsp3) is 0.350. The van der Waals surface area contributed by atoms with Gasteiger partial charge < -0.3 is 9.80 Å². The smallest absolute Gasteiger partial charge is 0.258 e. The van der Waals surface area contributed by atoms with Gasteiger partial charge in [0, 0.05) is 17.3 Å². The molecule has 0 radical (unpaired) electrons. The highest BCUT2D eigenvalue weighted by atomic mass is 35.5. The van der Waals surface area contributed by atoms with Crippen molar-refractivity contribution < 1.29 is 4.79 Å². The van der Waals surface area contributed by atoms with Crippen molar-refractivity contribution >= 4 is 24.0 Å². The molecular formula is C20H25ClN2O. The molecule has 1 aliphatic rings.